The Labute approximate surface area is 84.5 Å². The molecule has 0 N–H and O–H groups in total. The van der Waals surface area contributed by atoms with Crippen molar-refractivity contribution in [1.29, 1.82) is 0 Å². The quantitative estimate of drug-likeness (QED) is 0.567. The van der Waals surface area contributed by atoms with Crippen LogP contribution >= 0.6 is 38.5 Å². The third-order valence-corrected chi connectivity index (χ3v) is 2.01. The fourth-order valence-electron chi connectivity index (χ4n) is 0.596. The molecule has 0 saturated heterocycles. The lowest BCUT2D eigenvalue weighted by Crippen LogP contribution is -1.91. The number of rotatable bonds is 1. The lowest BCUT2D eigenvalue weighted by Gasteiger charge is -1.99. The first-order valence-electron chi connectivity index (χ1n) is 2.70. The number of halogens is 4. The highest BCUT2D eigenvalue weighted by atomic mass is 127. The Morgan fingerprint density at radius 1 is 1.45 bits per heavy atom. The molecule has 0 bridgehead atoms. The third kappa shape index (κ3) is 2.62. The molecule has 0 aliphatic heterocycles. The van der Waals surface area contributed by atoms with Crippen molar-refractivity contribution in [1.82, 2.24) is 4.98 Å². The van der Waals surface area contributed by atoms with Gasteiger partial charge in [0.15, 0.2) is 0 Å². The Morgan fingerprint density at radius 2 is 2.09 bits per heavy atom. The Balaban J connectivity index is 3.08. The highest BCUT2D eigenvalue weighted by molar-refractivity contribution is 14.1. The highest BCUT2D eigenvalue weighted by Gasteiger charge is 2.09. The Bertz CT molecular complexity index is 247. The minimum absolute atomic E-state index is 0.191. The molecule has 0 spiro atoms. The largest absolute Gasteiger partial charge is 0.280 e. The molecule has 11 heavy (non-hydrogen) atoms. The Hall–Kier alpha value is 0.220. The summed E-state index contributed by atoms with van der Waals surface area (Å²) in [5.41, 5.74) is -0.191. The molecule has 1 aromatic rings. The van der Waals surface area contributed by atoms with Crippen molar-refractivity contribution in [3.05, 3.63) is 26.0 Å². The third-order valence-electron chi connectivity index (χ3n) is 1.00. The van der Waals surface area contributed by atoms with E-state index >= 15 is 0 Å². The van der Waals surface area contributed by atoms with Gasteiger partial charge in [0.05, 0.1) is 0 Å². The van der Waals surface area contributed by atoms with Crippen molar-refractivity contribution in [2.75, 3.05) is 0 Å². The van der Waals surface area contributed by atoms with E-state index in [-0.39, 0.29) is 5.69 Å². The average Bonchev–Trinajstić information content (AvgIpc) is 1.85. The molecule has 0 saturated carbocycles. The van der Waals surface area contributed by atoms with E-state index in [2.05, 4.69) is 20.9 Å². The smallest absolute Gasteiger partial charge is 0.241 e. The van der Waals surface area contributed by atoms with Crippen LogP contribution in [0, 0.1) is 3.70 Å². The van der Waals surface area contributed by atoms with Crippen molar-refractivity contribution >= 4 is 38.5 Å². The summed E-state index contributed by atoms with van der Waals surface area (Å²) in [6, 6.07) is 2.99. The van der Waals surface area contributed by atoms with E-state index in [9.17, 15) is 8.78 Å². The highest BCUT2D eigenvalue weighted by Crippen LogP contribution is 2.21. The van der Waals surface area contributed by atoms with Gasteiger partial charge in [-0.3, -0.25) is 0 Å². The average molecular weight is 334 g/mol. The normalized spacial score (nSPS) is 10.6. The van der Waals surface area contributed by atoms with Crippen molar-refractivity contribution in [2.24, 2.45) is 0 Å². The van der Waals surface area contributed by atoms with Gasteiger partial charge in [-0.25, -0.2) is 13.8 Å². The van der Waals surface area contributed by atoms with Crippen LogP contribution in [-0.4, -0.2) is 4.98 Å². The molecule has 60 valence electrons. The van der Waals surface area contributed by atoms with Gasteiger partial charge in [-0.2, -0.15) is 0 Å². The van der Waals surface area contributed by atoms with Gasteiger partial charge in [0.25, 0.3) is 6.43 Å². The zero-order valence-electron chi connectivity index (χ0n) is 5.19. The lowest BCUT2D eigenvalue weighted by atomic mass is 10.4. The van der Waals surface area contributed by atoms with Crippen LogP contribution < -0.4 is 0 Å². The summed E-state index contributed by atoms with van der Waals surface area (Å²) >= 11 is 4.99. The number of hydrogen-bond acceptors (Lipinski definition) is 1. The van der Waals surface area contributed by atoms with Crippen molar-refractivity contribution in [2.45, 2.75) is 6.43 Å². The van der Waals surface area contributed by atoms with Crippen LogP contribution in [0.4, 0.5) is 8.78 Å². The molecule has 0 aliphatic rings. The van der Waals surface area contributed by atoms with E-state index in [0.29, 0.717) is 8.17 Å². The molecule has 0 unspecified atom stereocenters. The van der Waals surface area contributed by atoms with E-state index < -0.39 is 6.43 Å². The van der Waals surface area contributed by atoms with Crippen LogP contribution in [0.3, 0.4) is 0 Å². The van der Waals surface area contributed by atoms with Crippen LogP contribution in [0.5, 0.6) is 0 Å². The molecular formula is C6H3BrF2IN. The summed E-state index contributed by atoms with van der Waals surface area (Å²) in [4.78, 5) is 3.64. The Morgan fingerprint density at radius 3 is 2.55 bits per heavy atom. The SMILES string of the molecule is FC(F)c1cc(Br)cc(I)n1. The van der Waals surface area contributed by atoms with Gasteiger partial charge in [0.1, 0.15) is 9.39 Å². The van der Waals surface area contributed by atoms with Crippen LogP contribution in [0.2, 0.25) is 0 Å². The second kappa shape index (κ2) is 3.75. The molecule has 0 atom stereocenters. The molecule has 1 nitrogen and oxygen atoms in total. The fraction of sp³-hybridized carbons (Fsp3) is 0.167. The van der Waals surface area contributed by atoms with Gasteiger partial charge in [-0.05, 0) is 34.7 Å². The molecule has 0 aromatic carbocycles. The standard InChI is InChI=1S/C6H3BrF2IN/c7-3-1-4(6(8)9)11-5(10)2-3/h1-2,6H. The first-order chi connectivity index (χ1) is 5.09. The summed E-state index contributed by atoms with van der Waals surface area (Å²) in [6.45, 7) is 0. The first-order valence-corrected chi connectivity index (χ1v) is 4.58. The minimum atomic E-state index is -2.50. The van der Waals surface area contributed by atoms with Gasteiger partial charge in [0.2, 0.25) is 0 Å². The zero-order chi connectivity index (χ0) is 8.43. The fourth-order valence-corrected chi connectivity index (χ4v) is 2.09. The second-order valence-electron chi connectivity index (χ2n) is 1.83. The molecule has 0 aliphatic carbocycles. The topological polar surface area (TPSA) is 12.9 Å². The molecular weight excluding hydrogens is 331 g/mol. The van der Waals surface area contributed by atoms with Gasteiger partial charge >= 0.3 is 0 Å². The van der Waals surface area contributed by atoms with Crippen LogP contribution in [0.1, 0.15) is 12.1 Å². The molecule has 0 fully saturated rings. The maximum atomic E-state index is 12.0. The van der Waals surface area contributed by atoms with Gasteiger partial charge in [0, 0.05) is 4.47 Å². The zero-order valence-corrected chi connectivity index (χ0v) is 8.93. The predicted octanol–water partition coefficient (Wildman–Crippen LogP) is 3.39. The second-order valence-corrected chi connectivity index (χ2v) is 3.85. The summed E-state index contributed by atoms with van der Waals surface area (Å²) in [7, 11) is 0. The summed E-state index contributed by atoms with van der Waals surface area (Å²) < 4.78 is 25.3. The van der Waals surface area contributed by atoms with Gasteiger partial charge < -0.3 is 0 Å². The summed E-state index contributed by atoms with van der Waals surface area (Å²) in [5, 5.41) is 0. The molecule has 1 heterocycles. The van der Waals surface area contributed by atoms with Crippen molar-refractivity contribution in [3.8, 4) is 0 Å². The van der Waals surface area contributed by atoms with Crippen molar-refractivity contribution < 1.29 is 8.78 Å². The summed E-state index contributed by atoms with van der Waals surface area (Å²) in [6.07, 6.45) is -2.50. The molecule has 1 rings (SSSR count). The predicted molar refractivity (Wildman–Crippen MR) is 49.6 cm³/mol. The van der Waals surface area contributed by atoms with E-state index in [1.165, 1.54) is 6.07 Å². The maximum absolute atomic E-state index is 12.0. The number of alkyl halides is 2. The molecule has 0 radical (unpaired) electrons. The van der Waals surface area contributed by atoms with Crippen molar-refractivity contribution in [3.63, 3.8) is 0 Å². The summed E-state index contributed by atoms with van der Waals surface area (Å²) in [5.74, 6) is 0. The monoisotopic (exact) mass is 333 g/mol. The first kappa shape index (κ1) is 9.31. The lowest BCUT2D eigenvalue weighted by molar-refractivity contribution is 0.146. The van der Waals surface area contributed by atoms with Crippen LogP contribution in [0.15, 0.2) is 16.6 Å². The van der Waals surface area contributed by atoms with Crippen LogP contribution in [-0.2, 0) is 0 Å². The number of nitrogens with zero attached hydrogens (tertiary/aromatic N) is 1. The van der Waals surface area contributed by atoms with E-state index in [1.54, 1.807) is 6.07 Å². The molecule has 5 heteroatoms. The number of aromatic nitrogens is 1. The van der Waals surface area contributed by atoms with Gasteiger partial charge in [-0.15, -0.1) is 0 Å². The van der Waals surface area contributed by atoms with Gasteiger partial charge in [-0.1, -0.05) is 15.9 Å². The van der Waals surface area contributed by atoms with Crippen LogP contribution in [0.25, 0.3) is 0 Å². The Kier molecular flexibility index (Phi) is 3.17. The van der Waals surface area contributed by atoms with E-state index in [0.717, 1.165) is 0 Å². The molecule has 0 amide bonds. The number of pyridine rings is 1. The van der Waals surface area contributed by atoms with E-state index in [1.807, 2.05) is 22.6 Å². The van der Waals surface area contributed by atoms with E-state index in [4.69, 9.17) is 0 Å². The minimum Gasteiger partial charge on any atom is -0.241 e. The number of hydrogen-bond donors (Lipinski definition) is 0. The maximum Gasteiger partial charge on any atom is 0.280 e. The molecule has 1 aromatic heterocycles.